The molecule has 0 aliphatic carbocycles. The van der Waals surface area contributed by atoms with Crippen molar-refractivity contribution in [3.63, 3.8) is 0 Å². The highest BCUT2D eigenvalue weighted by Crippen LogP contribution is 2.35. The Labute approximate surface area is 212 Å². The van der Waals surface area contributed by atoms with E-state index in [4.69, 9.17) is 0 Å². The molecule has 35 heavy (non-hydrogen) atoms. The highest BCUT2D eigenvalue weighted by atomic mass is 16.2. The first-order valence-electron chi connectivity index (χ1n) is 14.0. The predicted molar refractivity (Wildman–Crippen MR) is 146 cm³/mol. The van der Waals surface area contributed by atoms with Crippen LogP contribution in [0.5, 0.6) is 0 Å². The SMILES string of the molecule is CCCCCCCCCCCCn1nnnc1NC(=O)Nc1c(C(C)CC)cccc1C(C)CC. The molecular formula is C28H48N6O. The van der Waals surface area contributed by atoms with Crippen LogP contribution < -0.4 is 10.6 Å². The van der Waals surface area contributed by atoms with E-state index in [2.05, 4.69) is 79.0 Å². The van der Waals surface area contributed by atoms with Crippen LogP contribution in [-0.4, -0.2) is 26.2 Å². The fourth-order valence-corrected chi connectivity index (χ4v) is 4.43. The Morgan fingerprint density at radius 3 is 1.91 bits per heavy atom. The maximum absolute atomic E-state index is 13.0. The number of aromatic nitrogens is 4. The van der Waals surface area contributed by atoms with Gasteiger partial charge >= 0.3 is 6.03 Å². The second kappa shape index (κ2) is 16.3. The number of tetrazole rings is 1. The summed E-state index contributed by atoms with van der Waals surface area (Å²) in [5.74, 6) is 1.11. The van der Waals surface area contributed by atoms with Crippen molar-refractivity contribution < 1.29 is 4.79 Å². The second-order valence-corrected chi connectivity index (χ2v) is 9.92. The molecule has 1 heterocycles. The molecule has 0 spiro atoms. The standard InChI is InChI=1S/C28H48N6O/c1-6-9-10-11-12-13-14-15-16-17-21-34-27(31-32-33-34)30-28(35)29-26-24(22(4)7-2)19-18-20-25(26)23(5)8-3/h18-20,22-23H,6-17,21H2,1-5H3,(H2,29,30,31,33,35). The molecule has 0 aliphatic rings. The molecule has 0 radical (unpaired) electrons. The summed E-state index contributed by atoms with van der Waals surface area (Å²) in [7, 11) is 0. The van der Waals surface area contributed by atoms with Crippen LogP contribution in [-0.2, 0) is 6.54 Å². The van der Waals surface area contributed by atoms with E-state index < -0.39 is 0 Å². The van der Waals surface area contributed by atoms with Crippen molar-refractivity contribution in [2.75, 3.05) is 10.6 Å². The number of hydrogen-bond acceptors (Lipinski definition) is 4. The van der Waals surface area contributed by atoms with E-state index in [0.717, 1.165) is 31.4 Å². The van der Waals surface area contributed by atoms with Crippen LogP contribution in [0, 0.1) is 0 Å². The highest BCUT2D eigenvalue weighted by Gasteiger charge is 2.19. The van der Waals surface area contributed by atoms with Crippen LogP contribution in [0.15, 0.2) is 18.2 Å². The van der Waals surface area contributed by atoms with Crippen LogP contribution in [0.1, 0.15) is 135 Å². The third-order valence-electron chi connectivity index (χ3n) is 7.13. The molecule has 2 aromatic rings. The number of aryl methyl sites for hydroxylation is 1. The minimum atomic E-state index is -0.301. The lowest BCUT2D eigenvalue weighted by molar-refractivity contribution is 0.261. The molecule has 7 nitrogen and oxygen atoms in total. The molecule has 2 amide bonds. The van der Waals surface area contributed by atoms with Crippen molar-refractivity contribution in [3.8, 4) is 0 Å². The average Bonchev–Trinajstić information content (AvgIpc) is 3.30. The normalized spacial score (nSPS) is 12.9. The van der Waals surface area contributed by atoms with Gasteiger partial charge in [0.2, 0.25) is 0 Å². The molecule has 2 N–H and O–H groups in total. The van der Waals surface area contributed by atoms with Crippen LogP contribution in [0.4, 0.5) is 16.4 Å². The number of carbonyl (C=O) groups is 1. The van der Waals surface area contributed by atoms with Crippen LogP contribution in [0.25, 0.3) is 0 Å². The second-order valence-electron chi connectivity index (χ2n) is 9.92. The molecule has 7 heteroatoms. The molecular weight excluding hydrogens is 436 g/mol. The minimum absolute atomic E-state index is 0.301. The zero-order chi connectivity index (χ0) is 25.5. The molecule has 1 aromatic heterocycles. The van der Waals surface area contributed by atoms with Gasteiger partial charge in [-0.15, -0.1) is 0 Å². The van der Waals surface area contributed by atoms with Gasteiger partial charge in [0.05, 0.1) is 0 Å². The van der Waals surface area contributed by atoms with Gasteiger partial charge in [-0.3, -0.25) is 5.32 Å². The van der Waals surface area contributed by atoms with Crippen molar-refractivity contribution in [2.24, 2.45) is 0 Å². The number of anilines is 2. The number of benzene rings is 1. The van der Waals surface area contributed by atoms with Gasteiger partial charge in [-0.2, -0.15) is 0 Å². The number of unbranched alkanes of at least 4 members (excludes halogenated alkanes) is 9. The van der Waals surface area contributed by atoms with Gasteiger partial charge < -0.3 is 5.32 Å². The van der Waals surface area contributed by atoms with E-state index in [1.54, 1.807) is 4.68 Å². The molecule has 1 aromatic carbocycles. The lowest BCUT2D eigenvalue weighted by Crippen LogP contribution is -2.24. The molecule has 0 bridgehead atoms. The smallest absolute Gasteiger partial charge is 0.307 e. The number of rotatable bonds is 17. The van der Waals surface area contributed by atoms with Gasteiger partial charge in [-0.1, -0.05) is 116 Å². The number of nitrogens with zero attached hydrogens (tertiary/aromatic N) is 4. The fourth-order valence-electron chi connectivity index (χ4n) is 4.43. The maximum atomic E-state index is 13.0. The fraction of sp³-hybridized carbons (Fsp3) is 0.714. The Balaban J connectivity index is 1.87. The van der Waals surface area contributed by atoms with Gasteiger partial charge in [-0.05, 0) is 52.7 Å². The summed E-state index contributed by atoms with van der Waals surface area (Å²) in [6.45, 7) is 11.7. The van der Waals surface area contributed by atoms with Crippen molar-refractivity contribution in [3.05, 3.63) is 29.3 Å². The molecule has 2 unspecified atom stereocenters. The largest absolute Gasteiger partial charge is 0.326 e. The van der Waals surface area contributed by atoms with Gasteiger partial charge in [-0.25, -0.2) is 9.48 Å². The number of carbonyl (C=O) groups excluding carboxylic acids is 1. The first kappa shape index (κ1) is 28.8. The number of nitrogens with one attached hydrogen (secondary N) is 2. The van der Waals surface area contributed by atoms with Crippen LogP contribution in [0.2, 0.25) is 0 Å². The first-order valence-corrected chi connectivity index (χ1v) is 14.0. The van der Waals surface area contributed by atoms with E-state index in [1.165, 1.54) is 62.5 Å². The van der Waals surface area contributed by atoms with E-state index in [-0.39, 0.29) is 6.03 Å². The maximum Gasteiger partial charge on any atom is 0.326 e. The van der Waals surface area contributed by atoms with E-state index in [9.17, 15) is 4.79 Å². The van der Waals surface area contributed by atoms with Gasteiger partial charge in [0.15, 0.2) is 0 Å². The molecule has 0 aliphatic heterocycles. The number of para-hydroxylation sites is 1. The highest BCUT2D eigenvalue weighted by molar-refractivity contribution is 5.99. The zero-order valence-electron chi connectivity index (χ0n) is 22.8. The van der Waals surface area contributed by atoms with Crippen LogP contribution >= 0.6 is 0 Å². The quantitative estimate of drug-likeness (QED) is 0.221. The van der Waals surface area contributed by atoms with Gasteiger partial charge in [0.25, 0.3) is 5.95 Å². The molecule has 2 rings (SSSR count). The Hall–Kier alpha value is -2.44. The third kappa shape index (κ3) is 9.61. The van der Waals surface area contributed by atoms with Gasteiger partial charge in [0, 0.05) is 12.2 Å². The van der Waals surface area contributed by atoms with Crippen molar-refractivity contribution in [1.82, 2.24) is 20.2 Å². The lowest BCUT2D eigenvalue weighted by Gasteiger charge is -2.22. The van der Waals surface area contributed by atoms with E-state index in [1.807, 2.05) is 0 Å². The Bertz CT molecular complexity index is 837. The summed E-state index contributed by atoms with van der Waals surface area (Å²) < 4.78 is 1.69. The van der Waals surface area contributed by atoms with Crippen molar-refractivity contribution >= 4 is 17.7 Å². The van der Waals surface area contributed by atoms with Crippen LogP contribution in [0.3, 0.4) is 0 Å². The summed E-state index contributed by atoms with van der Waals surface area (Å²) in [5, 5.41) is 17.9. The summed E-state index contributed by atoms with van der Waals surface area (Å²) in [6, 6.07) is 6.03. The zero-order valence-corrected chi connectivity index (χ0v) is 22.8. The average molecular weight is 485 g/mol. The summed E-state index contributed by atoms with van der Waals surface area (Å²) in [5.41, 5.74) is 3.26. The van der Waals surface area contributed by atoms with Gasteiger partial charge in [0.1, 0.15) is 0 Å². The van der Waals surface area contributed by atoms with Crippen molar-refractivity contribution in [1.29, 1.82) is 0 Å². The lowest BCUT2D eigenvalue weighted by atomic mass is 9.89. The monoisotopic (exact) mass is 484 g/mol. The third-order valence-corrected chi connectivity index (χ3v) is 7.13. The summed E-state index contributed by atoms with van der Waals surface area (Å²) >= 11 is 0. The number of hydrogen-bond donors (Lipinski definition) is 2. The summed E-state index contributed by atoms with van der Waals surface area (Å²) in [4.78, 5) is 13.0. The Morgan fingerprint density at radius 2 is 1.37 bits per heavy atom. The molecule has 196 valence electrons. The Morgan fingerprint density at radius 1 is 0.829 bits per heavy atom. The Kier molecular flexibility index (Phi) is 13.4. The van der Waals surface area contributed by atoms with E-state index in [0.29, 0.717) is 24.3 Å². The molecule has 0 saturated carbocycles. The predicted octanol–water partition coefficient (Wildman–Crippen LogP) is 8.27. The molecule has 0 fully saturated rings. The first-order chi connectivity index (χ1) is 17.0. The number of amides is 2. The van der Waals surface area contributed by atoms with Crippen molar-refractivity contribution in [2.45, 2.75) is 130 Å². The molecule has 0 saturated heterocycles. The summed E-state index contributed by atoms with van der Waals surface area (Å²) in [6.07, 6.45) is 14.8. The minimum Gasteiger partial charge on any atom is -0.307 e. The number of urea groups is 1. The van der Waals surface area contributed by atoms with E-state index >= 15 is 0 Å². The topological polar surface area (TPSA) is 84.7 Å². The molecule has 2 atom stereocenters.